The minimum Gasteiger partial charge on any atom is -0.475 e. The molecule has 1 N–H and O–H groups in total. The SMILES string of the molecule is O=C(O)c1oc2cccc([N+](=O)[O-])c2c1[N+](=O)[O-]. The third kappa shape index (κ3) is 1.54. The van der Waals surface area contributed by atoms with Crippen LogP contribution in [-0.2, 0) is 0 Å². The first-order chi connectivity index (χ1) is 8.43. The topological polar surface area (TPSA) is 137 Å². The summed E-state index contributed by atoms with van der Waals surface area (Å²) in [7, 11) is 0. The largest absolute Gasteiger partial charge is 0.475 e. The maximum absolute atomic E-state index is 10.8. The molecule has 1 aromatic carbocycles. The molecular weight excluding hydrogens is 248 g/mol. The zero-order valence-corrected chi connectivity index (χ0v) is 8.52. The lowest BCUT2D eigenvalue weighted by Gasteiger charge is -1.92. The standard InChI is InChI=1S/C9H4N2O7/c12-9(13)8-7(11(16)17)6-4(10(14)15)2-1-3-5(6)18-8/h1-3H,(H,12,13). The van der Waals surface area contributed by atoms with E-state index in [1.807, 2.05) is 0 Å². The number of non-ortho nitro benzene ring substituents is 1. The van der Waals surface area contributed by atoms with Gasteiger partial charge in [-0.05, 0) is 6.07 Å². The Hall–Kier alpha value is -2.97. The first-order valence-electron chi connectivity index (χ1n) is 4.51. The smallest absolute Gasteiger partial charge is 0.379 e. The molecule has 0 unspecified atom stereocenters. The summed E-state index contributed by atoms with van der Waals surface area (Å²) in [4.78, 5) is 30.6. The Balaban J connectivity index is 2.97. The normalized spacial score (nSPS) is 10.4. The number of nitro benzene ring substituents is 1. The van der Waals surface area contributed by atoms with Crippen LogP contribution in [0.2, 0.25) is 0 Å². The van der Waals surface area contributed by atoms with Crippen molar-refractivity contribution in [3.05, 3.63) is 44.2 Å². The summed E-state index contributed by atoms with van der Waals surface area (Å²) in [5, 5.41) is 29.9. The molecule has 0 fully saturated rings. The van der Waals surface area contributed by atoms with E-state index in [1.54, 1.807) is 0 Å². The Morgan fingerprint density at radius 3 is 2.39 bits per heavy atom. The van der Waals surface area contributed by atoms with Crippen LogP contribution in [0.25, 0.3) is 11.0 Å². The number of hydrogen-bond donors (Lipinski definition) is 1. The molecule has 0 amide bonds. The van der Waals surface area contributed by atoms with E-state index in [1.165, 1.54) is 12.1 Å². The van der Waals surface area contributed by atoms with Crippen LogP contribution in [0.4, 0.5) is 11.4 Å². The van der Waals surface area contributed by atoms with Crippen LogP contribution in [0.3, 0.4) is 0 Å². The number of carbonyl (C=O) groups is 1. The monoisotopic (exact) mass is 252 g/mol. The van der Waals surface area contributed by atoms with Gasteiger partial charge in [0, 0.05) is 6.07 Å². The summed E-state index contributed by atoms with van der Waals surface area (Å²) in [6.45, 7) is 0. The summed E-state index contributed by atoms with van der Waals surface area (Å²) < 4.78 is 4.77. The highest BCUT2D eigenvalue weighted by atomic mass is 16.6. The van der Waals surface area contributed by atoms with Gasteiger partial charge in [0.1, 0.15) is 5.58 Å². The first-order valence-corrected chi connectivity index (χ1v) is 4.51. The summed E-state index contributed by atoms with van der Waals surface area (Å²) in [6, 6.07) is 3.51. The van der Waals surface area contributed by atoms with Gasteiger partial charge in [-0.15, -0.1) is 0 Å². The number of benzene rings is 1. The Kier molecular flexibility index (Phi) is 2.43. The van der Waals surface area contributed by atoms with Crippen molar-refractivity contribution in [2.45, 2.75) is 0 Å². The summed E-state index contributed by atoms with van der Waals surface area (Å²) in [6.07, 6.45) is 0. The Labute approximate surface area is 97.5 Å². The van der Waals surface area contributed by atoms with E-state index in [0.29, 0.717) is 0 Å². The molecular formula is C9H4N2O7. The fourth-order valence-corrected chi connectivity index (χ4v) is 1.59. The van der Waals surface area contributed by atoms with Crippen LogP contribution in [0, 0.1) is 20.2 Å². The van der Waals surface area contributed by atoms with E-state index in [0.717, 1.165) is 6.07 Å². The molecule has 2 rings (SSSR count). The summed E-state index contributed by atoms with van der Waals surface area (Å²) >= 11 is 0. The van der Waals surface area contributed by atoms with Gasteiger partial charge in [0.15, 0.2) is 5.39 Å². The van der Waals surface area contributed by atoms with Gasteiger partial charge in [-0.1, -0.05) is 6.07 Å². The average Bonchev–Trinajstić information content (AvgIpc) is 2.67. The first kappa shape index (κ1) is 11.5. The number of furan rings is 1. The van der Waals surface area contributed by atoms with Crippen molar-refractivity contribution in [2.75, 3.05) is 0 Å². The zero-order chi connectivity index (χ0) is 13.4. The molecule has 0 aliphatic heterocycles. The number of rotatable bonds is 3. The van der Waals surface area contributed by atoms with E-state index in [-0.39, 0.29) is 5.58 Å². The quantitative estimate of drug-likeness (QED) is 0.650. The second-order valence-corrected chi connectivity index (χ2v) is 3.25. The molecule has 1 heterocycles. The van der Waals surface area contributed by atoms with E-state index < -0.39 is 38.3 Å². The number of fused-ring (bicyclic) bond motifs is 1. The van der Waals surface area contributed by atoms with Gasteiger partial charge in [0.2, 0.25) is 0 Å². The van der Waals surface area contributed by atoms with Crippen LogP contribution >= 0.6 is 0 Å². The van der Waals surface area contributed by atoms with Gasteiger partial charge in [-0.2, -0.15) is 0 Å². The fourth-order valence-electron chi connectivity index (χ4n) is 1.59. The highest BCUT2D eigenvalue weighted by Gasteiger charge is 2.34. The lowest BCUT2D eigenvalue weighted by Crippen LogP contribution is -1.99. The van der Waals surface area contributed by atoms with Crippen LogP contribution in [0.15, 0.2) is 22.6 Å². The number of carboxylic acids is 1. The maximum atomic E-state index is 10.8. The molecule has 0 aliphatic carbocycles. The summed E-state index contributed by atoms with van der Waals surface area (Å²) in [5.41, 5.74) is -1.70. The van der Waals surface area contributed by atoms with Crippen molar-refractivity contribution in [3.63, 3.8) is 0 Å². The molecule has 0 atom stereocenters. The van der Waals surface area contributed by atoms with Crippen LogP contribution in [0.5, 0.6) is 0 Å². The van der Waals surface area contributed by atoms with Crippen molar-refractivity contribution in [1.29, 1.82) is 0 Å². The molecule has 9 nitrogen and oxygen atoms in total. The lowest BCUT2D eigenvalue weighted by atomic mass is 10.2. The number of aromatic carboxylic acids is 1. The van der Waals surface area contributed by atoms with E-state index >= 15 is 0 Å². The van der Waals surface area contributed by atoms with Crippen molar-refractivity contribution in [1.82, 2.24) is 0 Å². The predicted molar refractivity (Wildman–Crippen MR) is 56.5 cm³/mol. The number of hydrogen-bond acceptors (Lipinski definition) is 6. The third-order valence-electron chi connectivity index (χ3n) is 2.24. The molecule has 2 aromatic rings. The van der Waals surface area contributed by atoms with E-state index in [4.69, 9.17) is 9.52 Å². The predicted octanol–water partition coefficient (Wildman–Crippen LogP) is 1.95. The molecule has 1 aromatic heterocycles. The highest BCUT2D eigenvalue weighted by molar-refractivity contribution is 6.04. The fraction of sp³-hybridized carbons (Fsp3) is 0. The van der Waals surface area contributed by atoms with Crippen LogP contribution in [0.1, 0.15) is 10.6 Å². The molecule has 0 bridgehead atoms. The Morgan fingerprint density at radius 1 is 1.22 bits per heavy atom. The number of nitro groups is 2. The minimum absolute atomic E-state index is 0.215. The molecule has 0 radical (unpaired) electrons. The lowest BCUT2D eigenvalue weighted by molar-refractivity contribution is -0.390. The zero-order valence-electron chi connectivity index (χ0n) is 8.52. The highest BCUT2D eigenvalue weighted by Crippen LogP contribution is 2.38. The summed E-state index contributed by atoms with van der Waals surface area (Å²) in [5.74, 6) is -2.59. The second-order valence-electron chi connectivity index (χ2n) is 3.25. The van der Waals surface area contributed by atoms with Gasteiger partial charge >= 0.3 is 11.7 Å². The van der Waals surface area contributed by atoms with Crippen molar-refractivity contribution < 1.29 is 24.2 Å². The van der Waals surface area contributed by atoms with Gasteiger partial charge in [-0.3, -0.25) is 20.2 Å². The molecule has 92 valence electrons. The van der Waals surface area contributed by atoms with Gasteiger partial charge in [0.25, 0.3) is 11.4 Å². The molecule has 0 saturated carbocycles. The van der Waals surface area contributed by atoms with Crippen LogP contribution < -0.4 is 0 Å². The van der Waals surface area contributed by atoms with Crippen molar-refractivity contribution >= 4 is 28.3 Å². The van der Waals surface area contributed by atoms with Gasteiger partial charge < -0.3 is 9.52 Å². The average molecular weight is 252 g/mol. The van der Waals surface area contributed by atoms with Crippen LogP contribution in [-0.4, -0.2) is 20.9 Å². The molecule has 18 heavy (non-hydrogen) atoms. The maximum Gasteiger partial charge on any atom is 0.379 e. The second kappa shape index (κ2) is 3.80. The number of carboxylic acid groups (broad SMARTS) is 1. The number of nitrogens with zero attached hydrogens (tertiary/aromatic N) is 2. The third-order valence-corrected chi connectivity index (χ3v) is 2.24. The molecule has 0 saturated heterocycles. The molecule has 0 spiro atoms. The van der Waals surface area contributed by atoms with E-state index in [2.05, 4.69) is 0 Å². The van der Waals surface area contributed by atoms with Gasteiger partial charge in [-0.25, -0.2) is 4.79 Å². The Morgan fingerprint density at radius 2 is 1.89 bits per heavy atom. The van der Waals surface area contributed by atoms with Crippen molar-refractivity contribution in [2.24, 2.45) is 0 Å². The molecule has 9 heteroatoms. The Bertz CT molecular complexity index is 688. The van der Waals surface area contributed by atoms with Gasteiger partial charge in [0.05, 0.1) is 9.85 Å². The minimum atomic E-state index is -1.66. The van der Waals surface area contributed by atoms with Crippen molar-refractivity contribution in [3.8, 4) is 0 Å². The van der Waals surface area contributed by atoms with E-state index in [9.17, 15) is 25.0 Å². The molecule has 0 aliphatic rings.